The van der Waals surface area contributed by atoms with Gasteiger partial charge in [-0.15, -0.1) is 0 Å². The second-order valence-corrected chi connectivity index (χ2v) is 6.70. The second-order valence-electron chi connectivity index (χ2n) is 4.58. The normalized spacial score (nSPS) is 12.4. The molecule has 0 spiro atoms. The summed E-state index contributed by atoms with van der Waals surface area (Å²) in [5.74, 6) is 0. The van der Waals surface area contributed by atoms with Gasteiger partial charge in [0.1, 0.15) is 0 Å². The summed E-state index contributed by atoms with van der Waals surface area (Å²) in [5, 5.41) is 4.27. The first-order valence-corrected chi connectivity index (χ1v) is 8.50. The zero-order valence-corrected chi connectivity index (χ0v) is 15.1. The van der Waals surface area contributed by atoms with Gasteiger partial charge in [-0.1, -0.05) is 58.7 Å². The summed E-state index contributed by atoms with van der Waals surface area (Å²) in [5.41, 5.74) is 2.49. The zero-order chi connectivity index (χ0) is 14.5. The Labute approximate surface area is 142 Å². The summed E-state index contributed by atoms with van der Waals surface area (Å²) in [6.45, 7) is 3.04. The molecular formula is C16H16Br2ClN. The van der Waals surface area contributed by atoms with E-state index in [2.05, 4.69) is 68.4 Å². The summed E-state index contributed by atoms with van der Waals surface area (Å²) in [6, 6.07) is 14.7. The van der Waals surface area contributed by atoms with Gasteiger partial charge in [0.2, 0.25) is 0 Å². The minimum absolute atomic E-state index is 0.254. The summed E-state index contributed by atoms with van der Waals surface area (Å²) in [6.07, 6.45) is 0.924. The molecule has 0 radical (unpaired) electrons. The first-order chi connectivity index (χ1) is 9.61. The van der Waals surface area contributed by atoms with E-state index in [0.29, 0.717) is 0 Å². The fraction of sp³-hybridized carbons (Fsp3) is 0.250. The third kappa shape index (κ3) is 4.08. The van der Waals surface area contributed by atoms with Crippen LogP contribution in [-0.4, -0.2) is 6.54 Å². The molecule has 1 N–H and O–H groups in total. The van der Waals surface area contributed by atoms with Crippen molar-refractivity contribution in [2.75, 3.05) is 6.54 Å². The molecule has 2 aromatic carbocycles. The van der Waals surface area contributed by atoms with Crippen molar-refractivity contribution in [2.45, 2.75) is 19.4 Å². The Kier molecular flexibility index (Phi) is 6.09. The average Bonchev–Trinajstić information content (AvgIpc) is 2.44. The molecule has 1 unspecified atom stereocenters. The van der Waals surface area contributed by atoms with Gasteiger partial charge in [-0.25, -0.2) is 0 Å². The molecule has 0 heterocycles. The van der Waals surface area contributed by atoms with E-state index in [1.807, 2.05) is 18.2 Å². The van der Waals surface area contributed by atoms with Crippen molar-refractivity contribution < 1.29 is 0 Å². The van der Waals surface area contributed by atoms with E-state index < -0.39 is 0 Å². The molecule has 0 fully saturated rings. The van der Waals surface area contributed by atoms with E-state index in [1.54, 1.807) is 0 Å². The summed E-state index contributed by atoms with van der Waals surface area (Å²) in [4.78, 5) is 0. The van der Waals surface area contributed by atoms with Gasteiger partial charge in [0.05, 0.1) is 5.02 Å². The fourth-order valence-electron chi connectivity index (χ4n) is 2.17. The Bertz CT molecular complexity index is 586. The number of halogens is 3. The van der Waals surface area contributed by atoms with Crippen molar-refractivity contribution >= 4 is 43.5 Å². The first kappa shape index (κ1) is 16.0. The number of nitrogens with one attached hydrogen (secondary N) is 1. The Morgan fingerprint density at radius 3 is 2.50 bits per heavy atom. The lowest BCUT2D eigenvalue weighted by Crippen LogP contribution is -2.23. The van der Waals surface area contributed by atoms with Gasteiger partial charge in [0, 0.05) is 15.0 Å². The highest BCUT2D eigenvalue weighted by Crippen LogP contribution is 2.29. The molecule has 0 aliphatic heterocycles. The molecule has 20 heavy (non-hydrogen) atoms. The molecule has 0 amide bonds. The van der Waals surface area contributed by atoms with Crippen LogP contribution < -0.4 is 5.32 Å². The van der Waals surface area contributed by atoms with Crippen molar-refractivity contribution in [3.63, 3.8) is 0 Å². The number of hydrogen-bond donors (Lipinski definition) is 1. The van der Waals surface area contributed by atoms with Crippen molar-refractivity contribution in [3.05, 3.63) is 67.6 Å². The van der Waals surface area contributed by atoms with Crippen molar-refractivity contribution in [1.82, 2.24) is 5.32 Å². The minimum atomic E-state index is 0.254. The molecule has 0 saturated carbocycles. The molecule has 1 atom stereocenters. The van der Waals surface area contributed by atoms with E-state index in [1.165, 1.54) is 11.1 Å². The highest BCUT2D eigenvalue weighted by molar-refractivity contribution is 9.10. The summed E-state index contributed by atoms with van der Waals surface area (Å²) in [7, 11) is 0. The monoisotopic (exact) mass is 415 g/mol. The maximum atomic E-state index is 6.21. The van der Waals surface area contributed by atoms with Gasteiger partial charge in [0.25, 0.3) is 0 Å². The standard InChI is InChI=1S/C16H16Br2ClN/c1-2-20-16(10-11-5-3-4-6-13(11)17)12-7-8-14(18)15(19)9-12/h3-9,16,20H,2,10H2,1H3. The van der Waals surface area contributed by atoms with Crippen LogP contribution in [0.5, 0.6) is 0 Å². The van der Waals surface area contributed by atoms with E-state index in [4.69, 9.17) is 11.6 Å². The number of rotatable bonds is 5. The maximum Gasteiger partial charge on any atom is 0.0551 e. The molecule has 1 nitrogen and oxygen atoms in total. The summed E-state index contributed by atoms with van der Waals surface area (Å²) < 4.78 is 2.07. The van der Waals surface area contributed by atoms with Gasteiger partial charge in [0.15, 0.2) is 0 Å². The van der Waals surface area contributed by atoms with Gasteiger partial charge < -0.3 is 5.32 Å². The molecule has 0 saturated heterocycles. The Balaban J connectivity index is 2.27. The van der Waals surface area contributed by atoms with Crippen LogP contribution in [0, 0.1) is 0 Å². The van der Waals surface area contributed by atoms with E-state index in [9.17, 15) is 0 Å². The van der Waals surface area contributed by atoms with Gasteiger partial charge in [-0.05, 0) is 58.2 Å². The van der Waals surface area contributed by atoms with Gasteiger partial charge in [-0.3, -0.25) is 0 Å². The highest BCUT2D eigenvalue weighted by atomic mass is 79.9. The molecule has 106 valence electrons. The fourth-order valence-corrected chi connectivity index (χ4v) is 3.05. The quantitative estimate of drug-likeness (QED) is 0.652. The zero-order valence-electron chi connectivity index (χ0n) is 11.2. The van der Waals surface area contributed by atoms with Crippen molar-refractivity contribution in [2.24, 2.45) is 0 Å². The molecule has 0 aliphatic rings. The lowest BCUT2D eigenvalue weighted by Gasteiger charge is -2.20. The van der Waals surface area contributed by atoms with Crippen LogP contribution >= 0.6 is 43.5 Å². The molecule has 2 rings (SSSR count). The number of likely N-dealkylation sites (N-methyl/N-ethyl adjacent to an activating group) is 1. The maximum absolute atomic E-state index is 6.21. The Morgan fingerprint density at radius 2 is 1.85 bits per heavy atom. The predicted octanol–water partition coefficient (Wildman–Crippen LogP) is 5.76. The molecule has 0 aromatic heterocycles. The number of benzene rings is 2. The van der Waals surface area contributed by atoms with Crippen LogP contribution in [0.25, 0.3) is 0 Å². The molecule has 0 bridgehead atoms. The lowest BCUT2D eigenvalue weighted by molar-refractivity contribution is 0.549. The third-order valence-corrected chi connectivity index (χ3v) is 5.18. The second kappa shape index (κ2) is 7.60. The number of hydrogen-bond acceptors (Lipinski definition) is 1. The molecule has 2 aromatic rings. The van der Waals surface area contributed by atoms with Crippen LogP contribution in [0.15, 0.2) is 51.4 Å². The van der Waals surface area contributed by atoms with E-state index in [0.717, 1.165) is 26.9 Å². The Morgan fingerprint density at radius 1 is 1.10 bits per heavy atom. The van der Waals surface area contributed by atoms with Crippen LogP contribution in [0.1, 0.15) is 24.1 Å². The topological polar surface area (TPSA) is 12.0 Å². The van der Waals surface area contributed by atoms with Gasteiger partial charge >= 0.3 is 0 Å². The largest absolute Gasteiger partial charge is 0.310 e. The average molecular weight is 418 g/mol. The highest BCUT2D eigenvalue weighted by Gasteiger charge is 2.14. The Hall–Kier alpha value is -0.350. The molecular weight excluding hydrogens is 401 g/mol. The van der Waals surface area contributed by atoms with Crippen molar-refractivity contribution in [3.8, 4) is 0 Å². The SMILES string of the molecule is CCNC(Cc1ccccc1Br)c1ccc(Br)c(Cl)c1. The van der Waals surface area contributed by atoms with E-state index >= 15 is 0 Å². The summed E-state index contributed by atoms with van der Waals surface area (Å²) >= 11 is 13.3. The van der Waals surface area contributed by atoms with Crippen LogP contribution in [0.2, 0.25) is 5.02 Å². The van der Waals surface area contributed by atoms with E-state index in [-0.39, 0.29) is 6.04 Å². The van der Waals surface area contributed by atoms with Crippen LogP contribution in [0.4, 0.5) is 0 Å². The van der Waals surface area contributed by atoms with Crippen LogP contribution in [-0.2, 0) is 6.42 Å². The van der Waals surface area contributed by atoms with Crippen molar-refractivity contribution in [1.29, 1.82) is 0 Å². The van der Waals surface area contributed by atoms with Crippen LogP contribution in [0.3, 0.4) is 0 Å². The predicted molar refractivity (Wildman–Crippen MR) is 93.4 cm³/mol. The molecule has 4 heteroatoms. The lowest BCUT2D eigenvalue weighted by atomic mass is 9.99. The molecule has 0 aliphatic carbocycles. The van der Waals surface area contributed by atoms with Gasteiger partial charge in [-0.2, -0.15) is 0 Å². The minimum Gasteiger partial charge on any atom is -0.310 e. The first-order valence-electron chi connectivity index (χ1n) is 6.53. The third-order valence-electron chi connectivity index (χ3n) is 3.18. The smallest absolute Gasteiger partial charge is 0.0551 e.